The Balaban J connectivity index is 2.68. The highest BCUT2D eigenvalue weighted by Gasteiger charge is 2.36. The van der Waals surface area contributed by atoms with Crippen LogP contribution in [-0.2, 0) is 9.84 Å². The molecule has 1 fully saturated rings. The lowest BCUT2D eigenvalue weighted by atomic mass is 9.87. The van der Waals surface area contributed by atoms with Crippen LogP contribution in [0.1, 0.15) is 47.0 Å². The van der Waals surface area contributed by atoms with Crippen molar-refractivity contribution in [2.75, 3.05) is 6.26 Å². The maximum absolute atomic E-state index is 11.6. The van der Waals surface area contributed by atoms with Crippen molar-refractivity contribution in [2.45, 2.75) is 64.3 Å². The van der Waals surface area contributed by atoms with Gasteiger partial charge in [0.1, 0.15) is 0 Å². The van der Waals surface area contributed by atoms with Crippen molar-refractivity contribution < 1.29 is 8.42 Å². The molecule has 4 heteroatoms. The summed E-state index contributed by atoms with van der Waals surface area (Å²) in [4.78, 5) is 0. The van der Waals surface area contributed by atoms with Crippen LogP contribution in [0.4, 0.5) is 0 Å². The van der Waals surface area contributed by atoms with Crippen LogP contribution in [0.15, 0.2) is 0 Å². The van der Waals surface area contributed by atoms with E-state index >= 15 is 0 Å². The Morgan fingerprint density at radius 1 is 1.25 bits per heavy atom. The topological polar surface area (TPSA) is 46.2 Å². The number of nitrogens with one attached hydrogen (secondary N) is 1. The maximum atomic E-state index is 11.6. The zero-order valence-corrected chi connectivity index (χ0v) is 11.9. The summed E-state index contributed by atoms with van der Waals surface area (Å²) in [6.07, 6.45) is 4.18. The van der Waals surface area contributed by atoms with Crippen LogP contribution in [0.2, 0.25) is 0 Å². The Bertz CT molecular complexity index is 329. The number of hydrogen-bond donors (Lipinski definition) is 1. The van der Waals surface area contributed by atoms with Crippen molar-refractivity contribution in [3.63, 3.8) is 0 Å². The van der Waals surface area contributed by atoms with Crippen molar-refractivity contribution in [1.82, 2.24) is 5.32 Å². The van der Waals surface area contributed by atoms with E-state index in [0.717, 1.165) is 19.3 Å². The Hall–Kier alpha value is -0.0900. The van der Waals surface area contributed by atoms with Crippen molar-refractivity contribution in [1.29, 1.82) is 0 Å². The van der Waals surface area contributed by atoms with Crippen LogP contribution in [0, 0.1) is 5.41 Å². The summed E-state index contributed by atoms with van der Waals surface area (Å²) in [5.74, 6) is 0. The van der Waals surface area contributed by atoms with Gasteiger partial charge in [-0.2, -0.15) is 0 Å². The fourth-order valence-corrected chi connectivity index (χ4v) is 3.61. The van der Waals surface area contributed by atoms with Crippen LogP contribution in [0.3, 0.4) is 0 Å². The first-order valence-electron chi connectivity index (χ1n) is 6.07. The average molecular weight is 247 g/mol. The van der Waals surface area contributed by atoms with E-state index in [4.69, 9.17) is 0 Å². The molecule has 3 nitrogen and oxygen atoms in total. The molecule has 16 heavy (non-hydrogen) atoms. The molecule has 0 amide bonds. The normalized spacial score (nSPS) is 29.3. The minimum atomic E-state index is -2.91. The van der Waals surface area contributed by atoms with Gasteiger partial charge in [0.15, 0.2) is 9.84 Å². The molecule has 1 rings (SSSR count). The van der Waals surface area contributed by atoms with Gasteiger partial charge in [-0.15, -0.1) is 0 Å². The lowest BCUT2D eigenvalue weighted by molar-refractivity contribution is 0.263. The van der Waals surface area contributed by atoms with E-state index in [0.29, 0.717) is 6.04 Å². The maximum Gasteiger partial charge on any atom is 0.151 e. The van der Waals surface area contributed by atoms with E-state index < -0.39 is 9.84 Å². The van der Waals surface area contributed by atoms with E-state index in [9.17, 15) is 8.42 Å². The molecular weight excluding hydrogens is 222 g/mol. The fraction of sp³-hybridized carbons (Fsp3) is 1.00. The SMILES string of the molecule is CC(NC1CCCC1S(C)(=O)=O)C(C)(C)C. The van der Waals surface area contributed by atoms with Crippen molar-refractivity contribution in [3.8, 4) is 0 Å². The van der Waals surface area contributed by atoms with Crippen LogP contribution < -0.4 is 5.32 Å². The van der Waals surface area contributed by atoms with Gasteiger partial charge in [-0.25, -0.2) is 8.42 Å². The van der Waals surface area contributed by atoms with Crippen LogP contribution >= 0.6 is 0 Å². The molecule has 1 aliphatic rings. The molecule has 0 aromatic heterocycles. The molecule has 3 unspecified atom stereocenters. The average Bonchev–Trinajstić information content (AvgIpc) is 2.49. The lowest BCUT2D eigenvalue weighted by Crippen LogP contribution is -2.48. The first-order chi connectivity index (χ1) is 7.12. The summed E-state index contributed by atoms with van der Waals surface area (Å²) in [5, 5.41) is 3.31. The van der Waals surface area contributed by atoms with Crippen LogP contribution in [0.25, 0.3) is 0 Å². The third-order valence-electron chi connectivity index (χ3n) is 3.77. The van der Waals surface area contributed by atoms with E-state index in [1.807, 2.05) is 0 Å². The largest absolute Gasteiger partial charge is 0.310 e. The quantitative estimate of drug-likeness (QED) is 0.829. The molecule has 0 aromatic carbocycles. The van der Waals surface area contributed by atoms with Gasteiger partial charge in [0.05, 0.1) is 5.25 Å². The van der Waals surface area contributed by atoms with E-state index in [1.54, 1.807) is 0 Å². The molecule has 1 N–H and O–H groups in total. The summed E-state index contributed by atoms with van der Waals surface area (Å²) in [6, 6.07) is 0.476. The first kappa shape index (κ1) is 14.0. The molecular formula is C12H25NO2S. The zero-order chi connectivity index (χ0) is 12.6. The second kappa shape index (κ2) is 4.65. The first-order valence-corrected chi connectivity index (χ1v) is 8.03. The van der Waals surface area contributed by atoms with E-state index in [1.165, 1.54) is 6.26 Å². The van der Waals surface area contributed by atoms with Crippen molar-refractivity contribution >= 4 is 9.84 Å². The zero-order valence-electron chi connectivity index (χ0n) is 11.1. The second-order valence-electron chi connectivity index (χ2n) is 6.16. The van der Waals surface area contributed by atoms with Gasteiger partial charge in [-0.05, 0) is 25.2 Å². The molecule has 0 radical (unpaired) electrons. The molecule has 0 aromatic rings. The Morgan fingerprint density at radius 2 is 1.81 bits per heavy atom. The molecule has 1 saturated carbocycles. The Labute approximate surface area is 99.9 Å². The minimum Gasteiger partial charge on any atom is -0.310 e. The van der Waals surface area contributed by atoms with Gasteiger partial charge in [0, 0.05) is 18.3 Å². The highest BCUT2D eigenvalue weighted by atomic mass is 32.2. The standard InChI is InChI=1S/C12H25NO2S/c1-9(12(2,3)4)13-10-7-6-8-11(10)16(5,14)15/h9-11,13H,6-8H2,1-5H3. The van der Waals surface area contributed by atoms with Crippen molar-refractivity contribution in [3.05, 3.63) is 0 Å². The lowest BCUT2D eigenvalue weighted by Gasteiger charge is -2.32. The van der Waals surface area contributed by atoms with Crippen LogP contribution in [0.5, 0.6) is 0 Å². The van der Waals surface area contributed by atoms with E-state index in [2.05, 4.69) is 33.0 Å². The Morgan fingerprint density at radius 3 is 2.25 bits per heavy atom. The molecule has 0 saturated heterocycles. The highest BCUT2D eigenvalue weighted by Crippen LogP contribution is 2.28. The van der Waals surface area contributed by atoms with Gasteiger partial charge >= 0.3 is 0 Å². The third-order valence-corrected chi connectivity index (χ3v) is 5.43. The molecule has 96 valence electrons. The van der Waals surface area contributed by atoms with Gasteiger partial charge in [-0.3, -0.25) is 0 Å². The van der Waals surface area contributed by atoms with Crippen molar-refractivity contribution in [2.24, 2.45) is 5.41 Å². The number of sulfone groups is 1. The van der Waals surface area contributed by atoms with Crippen LogP contribution in [-0.4, -0.2) is 32.0 Å². The monoisotopic (exact) mass is 247 g/mol. The molecule has 0 aliphatic heterocycles. The molecule has 0 bridgehead atoms. The fourth-order valence-electron chi connectivity index (χ4n) is 2.20. The molecule has 1 aliphatic carbocycles. The molecule has 3 atom stereocenters. The molecule has 0 spiro atoms. The Kier molecular flexibility index (Phi) is 4.06. The third kappa shape index (κ3) is 3.45. The summed E-state index contributed by atoms with van der Waals surface area (Å²) in [6.45, 7) is 8.66. The number of rotatable bonds is 3. The number of hydrogen-bond acceptors (Lipinski definition) is 3. The van der Waals surface area contributed by atoms with Gasteiger partial charge in [0.2, 0.25) is 0 Å². The molecule has 0 heterocycles. The predicted octanol–water partition coefficient (Wildman–Crippen LogP) is 1.98. The van der Waals surface area contributed by atoms with Gasteiger partial charge in [0.25, 0.3) is 0 Å². The summed E-state index contributed by atoms with van der Waals surface area (Å²) >= 11 is 0. The smallest absolute Gasteiger partial charge is 0.151 e. The second-order valence-corrected chi connectivity index (χ2v) is 8.42. The summed E-state index contributed by atoms with van der Waals surface area (Å²) in [5.41, 5.74) is 0.171. The predicted molar refractivity (Wildman–Crippen MR) is 68.3 cm³/mol. The van der Waals surface area contributed by atoms with Gasteiger partial charge < -0.3 is 5.32 Å². The summed E-state index contributed by atoms with van der Waals surface area (Å²) < 4.78 is 23.3. The highest BCUT2D eigenvalue weighted by molar-refractivity contribution is 7.91. The summed E-state index contributed by atoms with van der Waals surface area (Å²) in [7, 11) is -2.91. The minimum absolute atomic E-state index is 0.143. The van der Waals surface area contributed by atoms with Gasteiger partial charge in [-0.1, -0.05) is 27.2 Å². The van der Waals surface area contributed by atoms with E-state index in [-0.39, 0.29) is 16.7 Å².